The van der Waals surface area contributed by atoms with Crippen LogP contribution >= 0.6 is 11.3 Å². The molecule has 0 spiro atoms. The van der Waals surface area contributed by atoms with Gasteiger partial charge in [0, 0.05) is 15.1 Å². The summed E-state index contributed by atoms with van der Waals surface area (Å²) < 4.78 is 52.8. The number of alkyl halides is 3. The third-order valence-electron chi connectivity index (χ3n) is 2.98. The highest BCUT2D eigenvalue weighted by atomic mass is 32.1. The molecule has 5 heteroatoms. The SMILES string of the molecule is Fc1ccc(C(F)(F)F)cc1-c1cc2ccccc2s1. The van der Waals surface area contributed by atoms with Crippen LogP contribution < -0.4 is 0 Å². The van der Waals surface area contributed by atoms with E-state index in [1.807, 2.05) is 24.3 Å². The van der Waals surface area contributed by atoms with Crippen LogP contribution in [0.4, 0.5) is 17.6 Å². The van der Waals surface area contributed by atoms with Crippen LogP contribution in [-0.4, -0.2) is 0 Å². The average Bonchev–Trinajstić information content (AvgIpc) is 2.81. The van der Waals surface area contributed by atoms with Crippen LogP contribution in [-0.2, 0) is 6.18 Å². The lowest BCUT2D eigenvalue weighted by molar-refractivity contribution is -0.137. The van der Waals surface area contributed by atoms with E-state index in [0.717, 1.165) is 28.3 Å². The maximum Gasteiger partial charge on any atom is 0.416 e. The summed E-state index contributed by atoms with van der Waals surface area (Å²) in [6.07, 6.45) is -4.47. The van der Waals surface area contributed by atoms with Gasteiger partial charge < -0.3 is 0 Å². The molecule has 2 aromatic carbocycles. The molecule has 0 nitrogen and oxygen atoms in total. The predicted molar refractivity (Wildman–Crippen MR) is 72.2 cm³/mol. The maximum atomic E-state index is 13.8. The van der Waals surface area contributed by atoms with E-state index < -0.39 is 17.6 Å². The van der Waals surface area contributed by atoms with Gasteiger partial charge in [-0.05, 0) is 35.7 Å². The molecule has 0 aliphatic carbocycles. The van der Waals surface area contributed by atoms with E-state index >= 15 is 0 Å². The summed E-state index contributed by atoms with van der Waals surface area (Å²) in [7, 11) is 0. The van der Waals surface area contributed by atoms with E-state index in [9.17, 15) is 17.6 Å². The maximum absolute atomic E-state index is 13.8. The van der Waals surface area contributed by atoms with Crippen molar-refractivity contribution >= 4 is 21.4 Å². The number of halogens is 4. The van der Waals surface area contributed by atoms with E-state index in [4.69, 9.17) is 0 Å². The zero-order valence-electron chi connectivity index (χ0n) is 10.0. The first-order valence-electron chi connectivity index (χ1n) is 5.81. The topological polar surface area (TPSA) is 0 Å². The number of benzene rings is 2. The summed E-state index contributed by atoms with van der Waals surface area (Å²) in [4.78, 5) is 0.495. The highest BCUT2D eigenvalue weighted by Gasteiger charge is 2.31. The molecule has 102 valence electrons. The quantitative estimate of drug-likeness (QED) is 0.503. The molecule has 0 atom stereocenters. The smallest absolute Gasteiger partial charge is 0.206 e. The molecule has 0 aliphatic heterocycles. The predicted octanol–water partition coefficient (Wildman–Crippen LogP) is 5.73. The number of hydrogen-bond acceptors (Lipinski definition) is 1. The molecule has 0 saturated carbocycles. The molecular formula is C15H8F4S. The molecule has 0 N–H and O–H groups in total. The molecule has 0 amide bonds. The second-order valence-electron chi connectivity index (χ2n) is 4.34. The molecular weight excluding hydrogens is 288 g/mol. The number of hydrogen-bond donors (Lipinski definition) is 0. The normalized spacial score (nSPS) is 12.0. The van der Waals surface area contributed by atoms with E-state index in [0.29, 0.717) is 4.88 Å². The minimum atomic E-state index is -4.47. The van der Waals surface area contributed by atoms with Crippen LogP contribution in [0.1, 0.15) is 5.56 Å². The van der Waals surface area contributed by atoms with Crippen LogP contribution in [0.2, 0.25) is 0 Å². The summed E-state index contributed by atoms with van der Waals surface area (Å²) in [6, 6.07) is 11.6. The fourth-order valence-electron chi connectivity index (χ4n) is 2.01. The molecule has 0 unspecified atom stereocenters. The second kappa shape index (κ2) is 4.59. The summed E-state index contributed by atoms with van der Waals surface area (Å²) in [5.41, 5.74) is -0.854. The zero-order chi connectivity index (χ0) is 14.3. The van der Waals surface area contributed by atoms with Crippen LogP contribution in [0.5, 0.6) is 0 Å². The Bertz CT molecular complexity index is 738. The average molecular weight is 296 g/mol. The van der Waals surface area contributed by atoms with Crippen molar-refractivity contribution in [1.82, 2.24) is 0 Å². The van der Waals surface area contributed by atoms with E-state index in [1.54, 1.807) is 6.07 Å². The number of thiophene rings is 1. The Morgan fingerprint density at radius 3 is 2.35 bits per heavy atom. The van der Waals surface area contributed by atoms with Gasteiger partial charge in [-0.1, -0.05) is 18.2 Å². The van der Waals surface area contributed by atoms with Gasteiger partial charge in [-0.3, -0.25) is 0 Å². The van der Waals surface area contributed by atoms with Crippen molar-refractivity contribution in [1.29, 1.82) is 0 Å². The summed E-state index contributed by atoms with van der Waals surface area (Å²) in [5, 5.41) is 0.893. The largest absolute Gasteiger partial charge is 0.416 e. The second-order valence-corrected chi connectivity index (χ2v) is 5.42. The van der Waals surface area contributed by atoms with Crippen molar-refractivity contribution in [3.05, 3.63) is 59.9 Å². The van der Waals surface area contributed by atoms with Gasteiger partial charge in [0.25, 0.3) is 0 Å². The highest BCUT2D eigenvalue weighted by Crippen LogP contribution is 2.38. The van der Waals surface area contributed by atoms with Gasteiger partial charge in [0.15, 0.2) is 0 Å². The molecule has 0 bridgehead atoms. The van der Waals surface area contributed by atoms with Gasteiger partial charge in [-0.2, -0.15) is 13.2 Å². The molecule has 0 fully saturated rings. The Morgan fingerprint density at radius 1 is 0.900 bits per heavy atom. The van der Waals surface area contributed by atoms with Crippen molar-refractivity contribution in [2.75, 3.05) is 0 Å². The minimum absolute atomic E-state index is 0.0129. The lowest BCUT2D eigenvalue weighted by Gasteiger charge is -2.08. The fraction of sp³-hybridized carbons (Fsp3) is 0.0667. The lowest BCUT2D eigenvalue weighted by Crippen LogP contribution is -2.05. The van der Waals surface area contributed by atoms with E-state index in [2.05, 4.69) is 0 Å². The van der Waals surface area contributed by atoms with Gasteiger partial charge in [-0.15, -0.1) is 11.3 Å². The molecule has 1 heterocycles. The highest BCUT2D eigenvalue weighted by molar-refractivity contribution is 7.22. The summed E-state index contributed by atoms with van der Waals surface area (Å²) in [5.74, 6) is -0.649. The van der Waals surface area contributed by atoms with Gasteiger partial charge >= 0.3 is 6.18 Å². The number of fused-ring (bicyclic) bond motifs is 1. The van der Waals surface area contributed by atoms with Gasteiger partial charge in [-0.25, -0.2) is 4.39 Å². The molecule has 0 radical (unpaired) electrons. The molecule has 1 aromatic heterocycles. The monoisotopic (exact) mass is 296 g/mol. The molecule has 3 rings (SSSR count). The van der Waals surface area contributed by atoms with E-state index in [-0.39, 0.29) is 5.56 Å². The first-order chi connectivity index (χ1) is 9.45. The number of rotatable bonds is 1. The van der Waals surface area contributed by atoms with Crippen LogP contribution in [0, 0.1) is 5.82 Å². The van der Waals surface area contributed by atoms with Crippen molar-refractivity contribution in [2.45, 2.75) is 6.18 Å². The Kier molecular flexibility index (Phi) is 3.01. The van der Waals surface area contributed by atoms with Crippen molar-refractivity contribution in [3.63, 3.8) is 0 Å². The van der Waals surface area contributed by atoms with Gasteiger partial charge in [0.2, 0.25) is 0 Å². The molecule has 3 aromatic rings. The van der Waals surface area contributed by atoms with Crippen LogP contribution in [0.3, 0.4) is 0 Å². The van der Waals surface area contributed by atoms with Crippen LogP contribution in [0.25, 0.3) is 20.5 Å². The third-order valence-corrected chi connectivity index (χ3v) is 4.13. The first-order valence-corrected chi connectivity index (χ1v) is 6.62. The summed E-state index contributed by atoms with van der Waals surface area (Å²) >= 11 is 1.28. The Hall–Kier alpha value is -1.88. The Morgan fingerprint density at radius 2 is 1.65 bits per heavy atom. The molecule has 0 saturated heterocycles. The summed E-state index contributed by atoms with van der Waals surface area (Å²) in [6.45, 7) is 0. The van der Waals surface area contributed by atoms with Crippen molar-refractivity contribution in [2.24, 2.45) is 0 Å². The van der Waals surface area contributed by atoms with Gasteiger partial charge in [0.05, 0.1) is 5.56 Å². The third kappa shape index (κ3) is 2.29. The van der Waals surface area contributed by atoms with Crippen molar-refractivity contribution in [3.8, 4) is 10.4 Å². The standard InChI is InChI=1S/C15H8F4S/c16-12-6-5-10(15(17,18)19)8-11(12)14-7-9-3-1-2-4-13(9)20-14/h1-8H. The molecule has 20 heavy (non-hydrogen) atoms. The van der Waals surface area contributed by atoms with Crippen LogP contribution in [0.15, 0.2) is 48.5 Å². The Balaban J connectivity index is 2.17. The first kappa shape index (κ1) is 13.1. The van der Waals surface area contributed by atoms with E-state index in [1.165, 1.54) is 11.3 Å². The lowest BCUT2D eigenvalue weighted by atomic mass is 10.1. The molecule has 0 aliphatic rings. The fourth-order valence-corrected chi connectivity index (χ4v) is 3.09. The minimum Gasteiger partial charge on any atom is -0.206 e. The van der Waals surface area contributed by atoms with Gasteiger partial charge in [0.1, 0.15) is 5.82 Å². The zero-order valence-corrected chi connectivity index (χ0v) is 10.9. The Labute approximate surface area is 116 Å². The van der Waals surface area contributed by atoms with Crippen molar-refractivity contribution < 1.29 is 17.6 Å².